The maximum atomic E-state index is 14.7. The fourth-order valence-corrected chi connectivity index (χ4v) is 7.94. The van der Waals surface area contributed by atoms with E-state index in [-0.39, 0.29) is 34.8 Å². The van der Waals surface area contributed by atoms with Gasteiger partial charge in [-0.1, -0.05) is 6.92 Å². The minimum Gasteiger partial charge on any atom is -0.356 e. The Morgan fingerprint density at radius 1 is 1.24 bits per heavy atom. The van der Waals surface area contributed by atoms with Crippen LogP contribution in [0.3, 0.4) is 0 Å². The van der Waals surface area contributed by atoms with Gasteiger partial charge in [0.1, 0.15) is 0 Å². The molecule has 1 N–H and O–H groups in total. The lowest BCUT2D eigenvalue weighted by Gasteiger charge is -2.40. The van der Waals surface area contributed by atoms with E-state index in [4.69, 9.17) is 5.10 Å². The highest BCUT2D eigenvalue weighted by atomic mass is 19.3. The molecule has 2 amide bonds. The minimum absolute atomic E-state index is 0.0187. The van der Waals surface area contributed by atoms with E-state index in [2.05, 4.69) is 26.9 Å². The molecule has 2 fully saturated rings. The van der Waals surface area contributed by atoms with E-state index in [0.29, 0.717) is 39.0 Å². The molecule has 4 unspecified atom stereocenters. The Kier molecular flexibility index (Phi) is 6.13. The summed E-state index contributed by atoms with van der Waals surface area (Å²) in [6, 6.07) is 0.144. The first-order valence-electron chi connectivity index (χ1n) is 14.8. The second-order valence-corrected chi connectivity index (χ2v) is 12.6. The van der Waals surface area contributed by atoms with E-state index >= 15 is 0 Å². The zero-order valence-electron chi connectivity index (χ0n) is 23.9. The summed E-state index contributed by atoms with van der Waals surface area (Å²) in [5, 5.41) is 12.4. The number of aromatic nitrogens is 4. The van der Waals surface area contributed by atoms with Gasteiger partial charge in [-0.2, -0.15) is 10.2 Å². The molecular weight excluding hydrogens is 528 g/mol. The molecule has 0 bridgehead atoms. The fourth-order valence-electron chi connectivity index (χ4n) is 7.94. The van der Waals surface area contributed by atoms with Gasteiger partial charge in [0, 0.05) is 86.5 Å². The number of nitrogens with one attached hydrogen (secondary N) is 1. The van der Waals surface area contributed by atoms with Gasteiger partial charge in [0.25, 0.3) is 6.43 Å². The quantitative estimate of drug-likeness (QED) is 0.609. The monoisotopic (exact) mass is 565 g/mol. The van der Waals surface area contributed by atoms with Gasteiger partial charge >= 0.3 is 0 Å². The molecule has 1 spiro atoms. The average Bonchev–Trinajstić information content (AvgIpc) is 3.25. The Morgan fingerprint density at radius 2 is 2.07 bits per heavy atom. The number of piperidine rings is 1. The smallest absolute Gasteiger partial charge is 0.260 e. The number of hydrogen-bond acceptors (Lipinski definition) is 5. The number of fused-ring (bicyclic) bond motifs is 1. The number of carbonyl (C=O) groups is 2. The van der Waals surface area contributed by atoms with Crippen molar-refractivity contribution in [2.45, 2.75) is 77.3 Å². The summed E-state index contributed by atoms with van der Waals surface area (Å²) < 4.78 is 33.1. The number of amides is 2. The van der Waals surface area contributed by atoms with Crippen LogP contribution in [0.15, 0.2) is 35.3 Å². The second-order valence-electron chi connectivity index (χ2n) is 12.6. The predicted octanol–water partition coefficient (Wildman–Crippen LogP) is 3.84. The Hall–Kier alpha value is -3.50. The first-order valence-corrected chi connectivity index (χ1v) is 14.8. The average molecular weight is 566 g/mol. The number of halogens is 2. The molecule has 3 aliphatic heterocycles. The van der Waals surface area contributed by atoms with E-state index in [0.717, 1.165) is 54.0 Å². The SMILES string of the molecule is CC(=O)N1CCc2c(c(N3CCCC4=C3C=C(C(F)F)C(c3cnn(C)c3)C4C)nn2C2CC23CCNC(=O)C3)C1. The molecule has 2 aromatic rings. The number of alkyl halides is 2. The third kappa shape index (κ3) is 4.22. The van der Waals surface area contributed by atoms with Crippen molar-refractivity contribution in [2.75, 3.05) is 24.5 Å². The van der Waals surface area contributed by atoms with Crippen molar-refractivity contribution in [1.29, 1.82) is 0 Å². The number of aryl methyl sites for hydroxylation is 1. The molecule has 5 aliphatic rings. The number of rotatable bonds is 4. The number of nitrogens with zero attached hydrogens (tertiary/aromatic N) is 6. The molecule has 1 saturated carbocycles. The molecule has 218 valence electrons. The molecule has 7 rings (SSSR count). The zero-order chi connectivity index (χ0) is 28.6. The lowest BCUT2D eigenvalue weighted by Crippen LogP contribution is -2.37. The maximum Gasteiger partial charge on any atom is 0.260 e. The molecule has 41 heavy (non-hydrogen) atoms. The Bertz CT molecular complexity index is 1490. The van der Waals surface area contributed by atoms with Gasteiger partial charge in [-0.25, -0.2) is 8.78 Å². The molecule has 4 atom stereocenters. The summed E-state index contributed by atoms with van der Waals surface area (Å²) in [6.45, 7) is 6.09. The summed E-state index contributed by atoms with van der Waals surface area (Å²) in [5.41, 5.74) is 4.99. The largest absolute Gasteiger partial charge is 0.356 e. The van der Waals surface area contributed by atoms with E-state index in [1.165, 1.54) is 5.57 Å². The van der Waals surface area contributed by atoms with Gasteiger partial charge in [-0.15, -0.1) is 0 Å². The van der Waals surface area contributed by atoms with Gasteiger partial charge in [0.2, 0.25) is 11.8 Å². The van der Waals surface area contributed by atoms with Crippen LogP contribution in [0.25, 0.3) is 0 Å². The predicted molar refractivity (Wildman–Crippen MR) is 148 cm³/mol. The van der Waals surface area contributed by atoms with Crippen molar-refractivity contribution in [3.05, 3.63) is 52.1 Å². The molecule has 2 aromatic heterocycles. The van der Waals surface area contributed by atoms with Gasteiger partial charge in [0.15, 0.2) is 5.82 Å². The summed E-state index contributed by atoms with van der Waals surface area (Å²) in [5.74, 6) is 0.358. The van der Waals surface area contributed by atoms with Crippen LogP contribution in [0, 0.1) is 11.3 Å². The number of anilines is 1. The van der Waals surface area contributed by atoms with Crippen molar-refractivity contribution in [1.82, 2.24) is 29.8 Å². The third-order valence-corrected chi connectivity index (χ3v) is 10.2. The molecule has 5 heterocycles. The Labute approximate surface area is 238 Å². The normalized spacial score (nSPS) is 29.5. The van der Waals surface area contributed by atoms with Crippen LogP contribution in [0.4, 0.5) is 14.6 Å². The Morgan fingerprint density at radius 3 is 2.78 bits per heavy atom. The molecule has 9 nitrogen and oxygen atoms in total. The van der Waals surface area contributed by atoms with E-state index in [1.54, 1.807) is 23.9 Å². The fraction of sp³-hybridized carbons (Fsp3) is 0.600. The summed E-state index contributed by atoms with van der Waals surface area (Å²) in [7, 11) is 1.81. The molecular formula is C30H37F2N7O2. The minimum atomic E-state index is -2.59. The standard InChI is InChI=1S/C30H37F2N7O2/c1-17-20-5-4-9-38(24(20)11-21(28(31)32)27(17)19-14-34-36(3)15-19)29-22-16-37(18(2)40)10-6-23(22)39(35-29)25-12-30(25)7-8-33-26(41)13-30/h11,14-15,17,25,27-28H,4-10,12-13,16H2,1-3H3,(H,33,41). The summed E-state index contributed by atoms with van der Waals surface area (Å²) >= 11 is 0. The van der Waals surface area contributed by atoms with Gasteiger partial charge in [-0.3, -0.25) is 19.0 Å². The number of allylic oxidation sites excluding steroid dienone is 3. The molecule has 2 aliphatic carbocycles. The van der Waals surface area contributed by atoms with Crippen molar-refractivity contribution in [2.24, 2.45) is 18.4 Å². The zero-order valence-corrected chi connectivity index (χ0v) is 23.9. The van der Waals surface area contributed by atoms with E-state index in [9.17, 15) is 18.4 Å². The second kappa shape index (κ2) is 9.52. The maximum absolute atomic E-state index is 14.7. The highest BCUT2D eigenvalue weighted by molar-refractivity contribution is 5.78. The van der Waals surface area contributed by atoms with Crippen LogP contribution in [-0.4, -0.2) is 62.3 Å². The lowest BCUT2D eigenvalue weighted by atomic mass is 9.72. The topological polar surface area (TPSA) is 88.3 Å². The first-order chi connectivity index (χ1) is 19.7. The van der Waals surface area contributed by atoms with Crippen LogP contribution in [0.5, 0.6) is 0 Å². The highest BCUT2D eigenvalue weighted by Crippen LogP contribution is 2.62. The van der Waals surface area contributed by atoms with Crippen LogP contribution < -0.4 is 10.2 Å². The van der Waals surface area contributed by atoms with Crippen molar-refractivity contribution in [3.8, 4) is 0 Å². The van der Waals surface area contributed by atoms with Gasteiger partial charge in [0.05, 0.1) is 18.8 Å². The molecule has 0 radical (unpaired) electrons. The van der Waals surface area contributed by atoms with Crippen LogP contribution in [0.1, 0.15) is 74.7 Å². The van der Waals surface area contributed by atoms with Crippen LogP contribution >= 0.6 is 0 Å². The first kappa shape index (κ1) is 26.4. The molecule has 11 heteroatoms. The summed E-state index contributed by atoms with van der Waals surface area (Å²) in [6.07, 6.45) is 7.45. The number of carbonyl (C=O) groups excluding carboxylic acids is 2. The highest BCUT2D eigenvalue weighted by Gasteiger charge is 2.58. The van der Waals surface area contributed by atoms with Crippen LogP contribution in [0.2, 0.25) is 0 Å². The lowest BCUT2D eigenvalue weighted by molar-refractivity contribution is -0.129. The molecule has 0 aromatic carbocycles. The van der Waals surface area contributed by atoms with Crippen molar-refractivity contribution in [3.63, 3.8) is 0 Å². The summed E-state index contributed by atoms with van der Waals surface area (Å²) in [4.78, 5) is 28.7. The van der Waals surface area contributed by atoms with Gasteiger partial charge < -0.3 is 15.1 Å². The van der Waals surface area contributed by atoms with Crippen LogP contribution in [-0.2, 0) is 29.6 Å². The van der Waals surface area contributed by atoms with Crippen molar-refractivity contribution >= 4 is 17.6 Å². The van der Waals surface area contributed by atoms with E-state index < -0.39 is 12.3 Å². The van der Waals surface area contributed by atoms with E-state index in [1.807, 2.05) is 18.1 Å². The Balaban J connectivity index is 1.31. The third-order valence-electron chi connectivity index (χ3n) is 10.2. The molecule has 1 saturated heterocycles. The van der Waals surface area contributed by atoms with Crippen molar-refractivity contribution < 1.29 is 18.4 Å². The van der Waals surface area contributed by atoms with Gasteiger partial charge in [-0.05, 0) is 48.8 Å². The number of hydrogen-bond donors (Lipinski definition) is 1.